The van der Waals surface area contributed by atoms with Crippen molar-refractivity contribution in [2.45, 2.75) is 64.1 Å². The highest BCUT2D eigenvalue weighted by molar-refractivity contribution is 7.92. The van der Waals surface area contributed by atoms with Crippen LogP contribution in [0.1, 0.15) is 44.7 Å². The van der Waals surface area contributed by atoms with Crippen molar-refractivity contribution in [3.05, 3.63) is 95.8 Å². The number of anilines is 1. The predicted octanol–water partition coefficient (Wildman–Crippen LogP) is 5.05. The molecule has 9 heteroatoms. The molecule has 2 unspecified atom stereocenters. The quantitative estimate of drug-likeness (QED) is 0.340. The largest absolute Gasteiger partial charge is 0.352 e. The summed E-state index contributed by atoms with van der Waals surface area (Å²) < 4.78 is 43.2. The molecule has 0 fully saturated rings. The minimum absolute atomic E-state index is 0.0761. The second kappa shape index (κ2) is 13.4. The zero-order valence-corrected chi connectivity index (χ0v) is 23.6. The molecule has 0 saturated carbocycles. The Morgan fingerprint density at radius 3 is 2.21 bits per heavy atom. The number of hydrogen-bond donors (Lipinski definition) is 1. The van der Waals surface area contributed by atoms with Crippen molar-refractivity contribution in [1.29, 1.82) is 0 Å². The third-order valence-corrected chi connectivity index (χ3v) is 8.33. The van der Waals surface area contributed by atoms with E-state index in [4.69, 9.17) is 0 Å². The van der Waals surface area contributed by atoms with Gasteiger partial charge >= 0.3 is 0 Å². The van der Waals surface area contributed by atoms with Crippen LogP contribution in [0.3, 0.4) is 0 Å². The average Bonchev–Trinajstić information content (AvgIpc) is 2.92. The molecule has 0 heterocycles. The number of hydrogen-bond acceptors (Lipinski definition) is 4. The molecule has 0 aliphatic carbocycles. The number of para-hydroxylation sites is 1. The van der Waals surface area contributed by atoms with Crippen molar-refractivity contribution < 1.29 is 22.4 Å². The van der Waals surface area contributed by atoms with Gasteiger partial charge in [0.05, 0.1) is 10.6 Å². The molecule has 1 N–H and O–H groups in total. The number of rotatable bonds is 12. The number of carbonyl (C=O) groups excluding carboxylic acids is 2. The summed E-state index contributed by atoms with van der Waals surface area (Å²) in [4.78, 5) is 28.6. The Kier molecular flexibility index (Phi) is 10.2. The number of carbonyl (C=O) groups is 2. The first-order chi connectivity index (χ1) is 18.6. The van der Waals surface area contributed by atoms with E-state index in [0.29, 0.717) is 12.8 Å². The van der Waals surface area contributed by atoms with Crippen LogP contribution in [0.5, 0.6) is 0 Å². The summed E-state index contributed by atoms with van der Waals surface area (Å²) >= 11 is 0. The van der Waals surface area contributed by atoms with Gasteiger partial charge in [0.1, 0.15) is 18.4 Å². The van der Waals surface area contributed by atoms with E-state index in [-0.39, 0.29) is 29.1 Å². The fourth-order valence-corrected chi connectivity index (χ4v) is 5.70. The minimum atomic E-state index is -4.32. The van der Waals surface area contributed by atoms with Gasteiger partial charge in [-0.1, -0.05) is 74.0 Å². The summed E-state index contributed by atoms with van der Waals surface area (Å²) in [6, 6.07) is 19.6. The van der Waals surface area contributed by atoms with Crippen LogP contribution in [0.2, 0.25) is 0 Å². The van der Waals surface area contributed by atoms with Gasteiger partial charge in [-0.15, -0.1) is 0 Å². The molecule has 0 radical (unpaired) electrons. The fraction of sp³-hybridized carbons (Fsp3) is 0.333. The first-order valence-electron chi connectivity index (χ1n) is 13.1. The van der Waals surface area contributed by atoms with E-state index in [1.807, 2.05) is 45.0 Å². The normalized spacial score (nSPS) is 12.8. The van der Waals surface area contributed by atoms with Gasteiger partial charge in [0.15, 0.2) is 0 Å². The fourth-order valence-electron chi connectivity index (χ4n) is 4.25. The van der Waals surface area contributed by atoms with Crippen molar-refractivity contribution in [3.63, 3.8) is 0 Å². The summed E-state index contributed by atoms with van der Waals surface area (Å²) in [6.45, 7) is 6.95. The highest BCUT2D eigenvalue weighted by Crippen LogP contribution is 2.27. The average molecular weight is 554 g/mol. The lowest BCUT2D eigenvalue weighted by Gasteiger charge is -2.33. The zero-order chi connectivity index (χ0) is 28.6. The molecule has 2 atom stereocenters. The van der Waals surface area contributed by atoms with Crippen molar-refractivity contribution >= 4 is 27.5 Å². The van der Waals surface area contributed by atoms with Gasteiger partial charge in [0.2, 0.25) is 11.8 Å². The van der Waals surface area contributed by atoms with Crippen LogP contribution in [-0.4, -0.2) is 43.8 Å². The molecule has 3 aromatic rings. The van der Waals surface area contributed by atoms with E-state index >= 15 is 0 Å². The monoisotopic (exact) mass is 553 g/mol. The lowest BCUT2D eigenvalue weighted by atomic mass is 10.1. The summed E-state index contributed by atoms with van der Waals surface area (Å²) in [5, 5.41) is 2.94. The van der Waals surface area contributed by atoms with Gasteiger partial charge in [0, 0.05) is 12.6 Å². The van der Waals surface area contributed by atoms with E-state index in [0.717, 1.165) is 21.5 Å². The molecule has 3 aromatic carbocycles. The molecule has 0 aromatic heterocycles. The van der Waals surface area contributed by atoms with E-state index in [2.05, 4.69) is 5.32 Å². The van der Waals surface area contributed by atoms with Crippen LogP contribution in [0.25, 0.3) is 0 Å². The van der Waals surface area contributed by atoms with Crippen molar-refractivity contribution in [2.24, 2.45) is 0 Å². The molecular weight excluding hydrogens is 517 g/mol. The molecule has 208 valence electrons. The van der Waals surface area contributed by atoms with Gasteiger partial charge in [0.25, 0.3) is 10.0 Å². The summed E-state index contributed by atoms with van der Waals surface area (Å²) in [5.74, 6) is -1.72. The number of amides is 2. The standard InChI is InChI=1S/C30H36FN3O4S/c1-5-23(4)32-30(36)27(6-2)33(20-24-14-12-13-22(3)19-24)29(35)21-34(28-18-11-10-17-26(28)31)39(37,38)25-15-8-7-9-16-25/h7-19,23,27H,5-6,20-21H2,1-4H3,(H,32,36). The molecule has 0 saturated heterocycles. The molecule has 0 spiro atoms. The van der Waals surface area contributed by atoms with E-state index in [1.54, 1.807) is 25.1 Å². The third-order valence-electron chi connectivity index (χ3n) is 6.55. The molecule has 7 nitrogen and oxygen atoms in total. The van der Waals surface area contributed by atoms with Gasteiger partial charge in [-0.05, 0) is 56.5 Å². The van der Waals surface area contributed by atoms with Crippen molar-refractivity contribution in [3.8, 4) is 0 Å². The van der Waals surface area contributed by atoms with Crippen LogP contribution in [0.4, 0.5) is 10.1 Å². The molecular formula is C30H36FN3O4S. The number of aryl methyl sites for hydroxylation is 1. The number of nitrogens with zero attached hydrogens (tertiary/aromatic N) is 2. The van der Waals surface area contributed by atoms with Crippen LogP contribution in [-0.2, 0) is 26.2 Å². The Hall–Kier alpha value is -3.72. The second-order valence-electron chi connectivity index (χ2n) is 9.53. The maximum absolute atomic E-state index is 15.0. The van der Waals surface area contributed by atoms with Gasteiger partial charge in [-0.3, -0.25) is 13.9 Å². The molecule has 0 aliphatic rings. The van der Waals surface area contributed by atoms with Gasteiger partial charge < -0.3 is 10.2 Å². The van der Waals surface area contributed by atoms with Crippen molar-refractivity contribution in [2.75, 3.05) is 10.8 Å². The van der Waals surface area contributed by atoms with Crippen molar-refractivity contribution in [1.82, 2.24) is 10.2 Å². The van der Waals surface area contributed by atoms with Crippen LogP contribution in [0, 0.1) is 12.7 Å². The highest BCUT2D eigenvalue weighted by atomic mass is 32.2. The van der Waals surface area contributed by atoms with Crippen LogP contribution < -0.4 is 9.62 Å². The Balaban J connectivity index is 2.06. The SMILES string of the molecule is CCC(C)NC(=O)C(CC)N(Cc1cccc(C)c1)C(=O)CN(c1ccccc1F)S(=O)(=O)c1ccccc1. The molecule has 0 bridgehead atoms. The Bertz CT molecular complexity index is 1380. The number of benzene rings is 3. The number of halogens is 1. The van der Waals surface area contributed by atoms with Crippen LogP contribution in [0.15, 0.2) is 83.8 Å². The maximum Gasteiger partial charge on any atom is 0.264 e. The summed E-state index contributed by atoms with van der Waals surface area (Å²) in [6.07, 6.45) is 1.02. The topological polar surface area (TPSA) is 86.8 Å². The number of nitrogens with one attached hydrogen (secondary N) is 1. The molecule has 3 rings (SSSR count). The van der Waals surface area contributed by atoms with Gasteiger partial charge in [-0.2, -0.15) is 0 Å². The molecule has 0 aliphatic heterocycles. The summed E-state index contributed by atoms with van der Waals surface area (Å²) in [5.41, 5.74) is 1.53. The van der Waals surface area contributed by atoms with E-state index < -0.39 is 34.3 Å². The predicted molar refractivity (Wildman–Crippen MR) is 151 cm³/mol. The summed E-state index contributed by atoms with van der Waals surface area (Å²) in [7, 11) is -4.32. The first kappa shape index (κ1) is 29.8. The molecule has 39 heavy (non-hydrogen) atoms. The Morgan fingerprint density at radius 1 is 0.923 bits per heavy atom. The highest BCUT2D eigenvalue weighted by Gasteiger charge is 2.34. The maximum atomic E-state index is 15.0. The lowest BCUT2D eigenvalue weighted by Crippen LogP contribution is -2.53. The van der Waals surface area contributed by atoms with E-state index in [9.17, 15) is 22.4 Å². The lowest BCUT2D eigenvalue weighted by molar-refractivity contribution is -0.140. The Labute approximate surface area is 230 Å². The third kappa shape index (κ3) is 7.44. The molecule has 2 amide bonds. The Morgan fingerprint density at radius 2 is 1.59 bits per heavy atom. The van der Waals surface area contributed by atoms with E-state index in [1.165, 1.54) is 35.2 Å². The smallest absolute Gasteiger partial charge is 0.264 e. The first-order valence-corrected chi connectivity index (χ1v) is 14.5. The van der Waals surface area contributed by atoms with Crippen LogP contribution >= 0.6 is 0 Å². The number of sulfonamides is 1. The second-order valence-corrected chi connectivity index (χ2v) is 11.4. The van der Waals surface area contributed by atoms with Gasteiger partial charge in [-0.25, -0.2) is 12.8 Å². The minimum Gasteiger partial charge on any atom is -0.352 e. The zero-order valence-electron chi connectivity index (χ0n) is 22.8.